The molecular formula is C11H12Br2N2O2. The van der Waals surface area contributed by atoms with Crippen LogP contribution >= 0.6 is 31.9 Å². The van der Waals surface area contributed by atoms with Gasteiger partial charge in [0.1, 0.15) is 0 Å². The SMILES string of the molecule is Nc1c(Br)cc(Br)cc1CN1CC(C(=O)O)C1. The summed E-state index contributed by atoms with van der Waals surface area (Å²) in [5, 5.41) is 8.79. The number of hydrogen-bond acceptors (Lipinski definition) is 3. The van der Waals surface area contributed by atoms with E-state index in [1.165, 1.54) is 0 Å². The van der Waals surface area contributed by atoms with E-state index in [2.05, 4.69) is 36.8 Å². The number of benzene rings is 1. The van der Waals surface area contributed by atoms with E-state index in [4.69, 9.17) is 10.8 Å². The monoisotopic (exact) mass is 362 g/mol. The van der Waals surface area contributed by atoms with Crippen LogP contribution < -0.4 is 5.73 Å². The molecular weight excluding hydrogens is 352 g/mol. The summed E-state index contributed by atoms with van der Waals surface area (Å²) in [4.78, 5) is 12.8. The number of nitrogens with two attached hydrogens (primary N) is 1. The molecule has 0 aliphatic carbocycles. The smallest absolute Gasteiger partial charge is 0.309 e. The fourth-order valence-corrected chi connectivity index (χ4v) is 3.18. The first-order chi connectivity index (χ1) is 7.97. The predicted molar refractivity (Wildman–Crippen MR) is 72.7 cm³/mol. The van der Waals surface area contributed by atoms with Crippen LogP contribution in [-0.4, -0.2) is 29.1 Å². The number of anilines is 1. The molecule has 2 rings (SSSR count). The molecule has 0 atom stereocenters. The summed E-state index contributed by atoms with van der Waals surface area (Å²) >= 11 is 6.81. The number of carboxylic acids is 1. The highest BCUT2D eigenvalue weighted by Crippen LogP contribution is 2.30. The standard InChI is InChI=1S/C11H12Br2N2O2/c12-8-1-6(10(14)9(13)2-8)3-15-4-7(5-15)11(16)17/h1-2,7H,3-5,14H2,(H,16,17). The van der Waals surface area contributed by atoms with Crippen molar-refractivity contribution in [3.8, 4) is 0 Å². The zero-order valence-corrected chi connectivity index (χ0v) is 12.2. The minimum absolute atomic E-state index is 0.230. The molecule has 6 heteroatoms. The Morgan fingerprint density at radius 2 is 2.12 bits per heavy atom. The van der Waals surface area contributed by atoms with Gasteiger partial charge in [-0.05, 0) is 33.6 Å². The second-order valence-electron chi connectivity index (χ2n) is 4.19. The van der Waals surface area contributed by atoms with Gasteiger partial charge in [-0.25, -0.2) is 0 Å². The predicted octanol–water partition coefficient (Wildman–Crippen LogP) is 2.31. The van der Waals surface area contributed by atoms with Gasteiger partial charge in [-0.15, -0.1) is 0 Å². The Hall–Kier alpha value is -0.590. The van der Waals surface area contributed by atoms with Gasteiger partial charge in [0.2, 0.25) is 0 Å². The van der Waals surface area contributed by atoms with Crippen molar-refractivity contribution in [1.82, 2.24) is 4.90 Å². The van der Waals surface area contributed by atoms with Gasteiger partial charge >= 0.3 is 5.97 Å². The van der Waals surface area contributed by atoms with Crippen molar-refractivity contribution in [2.75, 3.05) is 18.8 Å². The van der Waals surface area contributed by atoms with Gasteiger partial charge in [0.15, 0.2) is 0 Å². The zero-order chi connectivity index (χ0) is 12.6. The van der Waals surface area contributed by atoms with E-state index in [-0.39, 0.29) is 5.92 Å². The summed E-state index contributed by atoms with van der Waals surface area (Å²) in [7, 11) is 0. The highest BCUT2D eigenvalue weighted by molar-refractivity contribution is 9.11. The molecule has 1 aliphatic heterocycles. The summed E-state index contributed by atoms with van der Waals surface area (Å²) < 4.78 is 1.82. The van der Waals surface area contributed by atoms with Crippen molar-refractivity contribution in [2.24, 2.45) is 5.92 Å². The number of nitrogen functional groups attached to an aromatic ring is 1. The minimum atomic E-state index is -0.718. The van der Waals surface area contributed by atoms with Gasteiger partial charge < -0.3 is 10.8 Å². The number of hydrogen-bond donors (Lipinski definition) is 2. The van der Waals surface area contributed by atoms with E-state index in [1.807, 2.05) is 12.1 Å². The van der Waals surface area contributed by atoms with Crippen LogP contribution in [0.25, 0.3) is 0 Å². The van der Waals surface area contributed by atoms with Crippen LogP contribution in [0.15, 0.2) is 21.1 Å². The molecule has 1 fully saturated rings. The van der Waals surface area contributed by atoms with E-state index >= 15 is 0 Å². The van der Waals surface area contributed by atoms with Gasteiger partial charge in [0.25, 0.3) is 0 Å². The summed E-state index contributed by atoms with van der Waals surface area (Å²) in [6, 6.07) is 3.86. The molecule has 92 valence electrons. The lowest BCUT2D eigenvalue weighted by Gasteiger charge is -2.36. The molecule has 0 spiro atoms. The van der Waals surface area contributed by atoms with Crippen molar-refractivity contribution in [2.45, 2.75) is 6.54 Å². The topological polar surface area (TPSA) is 66.6 Å². The lowest BCUT2D eigenvalue weighted by Crippen LogP contribution is -2.49. The molecule has 1 heterocycles. The van der Waals surface area contributed by atoms with E-state index in [9.17, 15) is 4.79 Å². The average molecular weight is 364 g/mol. The van der Waals surface area contributed by atoms with Crippen molar-refractivity contribution in [3.05, 3.63) is 26.6 Å². The molecule has 4 nitrogen and oxygen atoms in total. The maximum atomic E-state index is 10.7. The van der Waals surface area contributed by atoms with Crippen molar-refractivity contribution in [1.29, 1.82) is 0 Å². The Bertz CT molecular complexity index is 459. The first-order valence-corrected chi connectivity index (χ1v) is 6.74. The first kappa shape index (κ1) is 12.9. The molecule has 0 amide bonds. The second-order valence-corrected chi connectivity index (χ2v) is 5.96. The molecule has 1 saturated heterocycles. The Kier molecular flexibility index (Phi) is 3.75. The van der Waals surface area contributed by atoms with Crippen molar-refractivity contribution in [3.63, 3.8) is 0 Å². The second kappa shape index (κ2) is 4.96. The number of halogens is 2. The lowest BCUT2D eigenvalue weighted by atomic mass is 9.99. The third-order valence-electron chi connectivity index (χ3n) is 2.88. The molecule has 0 unspecified atom stereocenters. The Labute approximate surface area is 116 Å². The van der Waals surface area contributed by atoms with Crippen LogP contribution in [-0.2, 0) is 11.3 Å². The normalized spacial score (nSPS) is 16.8. The van der Waals surface area contributed by atoms with Crippen LogP contribution in [0.2, 0.25) is 0 Å². The first-order valence-electron chi connectivity index (χ1n) is 5.16. The third-order valence-corrected chi connectivity index (χ3v) is 3.99. The molecule has 1 aliphatic rings. The van der Waals surface area contributed by atoms with Gasteiger partial charge in [-0.3, -0.25) is 9.69 Å². The van der Waals surface area contributed by atoms with E-state index in [1.54, 1.807) is 0 Å². The van der Waals surface area contributed by atoms with E-state index < -0.39 is 5.97 Å². The Balaban J connectivity index is 2.03. The summed E-state index contributed by atoms with van der Waals surface area (Å²) in [5.74, 6) is -0.948. The summed E-state index contributed by atoms with van der Waals surface area (Å²) in [6.45, 7) is 1.88. The highest BCUT2D eigenvalue weighted by Gasteiger charge is 2.32. The number of carbonyl (C=O) groups is 1. The summed E-state index contributed by atoms with van der Waals surface area (Å²) in [6.07, 6.45) is 0. The molecule has 1 aromatic carbocycles. The van der Waals surface area contributed by atoms with Crippen LogP contribution in [0.1, 0.15) is 5.56 Å². The van der Waals surface area contributed by atoms with Gasteiger partial charge in [-0.2, -0.15) is 0 Å². The van der Waals surface area contributed by atoms with Gasteiger partial charge in [-0.1, -0.05) is 15.9 Å². The Morgan fingerprint density at radius 1 is 1.47 bits per heavy atom. The maximum absolute atomic E-state index is 10.7. The maximum Gasteiger partial charge on any atom is 0.309 e. The number of carboxylic acid groups (broad SMARTS) is 1. The molecule has 0 bridgehead atoms. The number of aliphatic carboxylic acids is 1. The largest absolute Gasteiger partial charge is 0.481 e. The third kappa shape index (κ3) is 2.81. The fraction of sp³-hybridized carbons (Fsp3) is 0.364. The van der Waals surface area contributed by atoms with Crippen molar-refractivity contribution < 1.29 is 9.90 Å². The zero-order valence-electron chi connectivity index (χ0n) is 8.99. The Morgan fingerprint density at radius 3 is 2.71 bits per heavy atom. The molecule has 3 N–H and O–H groups in total. The van der Waals surface area contributed by atoms with E-state index in [0.29, 0.717) is 25.3 Å². The number of nitrogens with zero attached hydrogens (tertiary/aromatic N) is 1. The van der Waals surface area contributed by atoms with Crippen LogP contribution in [0.4, 0.5) is 5.69 Å². The van der Waals surface area contributed by atoms with Crippen LogP contribution in [0, 0.1) is 5.92 Å². The molecule has 17 heavy (non-hydrogen) atoms. The van der Waals surface area contributed by atoms with Crippen molar-refractivity contribution >= 4 is 43.5 Å². The quantitative estimate of drug-likeness (QED) is 0.808. The molecule has 0 saturated carbocycles. The van der Waals surface area contributed by atoms with Gasteiger partial charge in [0, 0.05) is 28.6 Å². The number of rotatable bonds is 3. The van der Waals surface area contributed by atoms with Crippen LogP contribution in [0.5, 0.6) is 0 Å². The van der Waals surface area contributed by atoms with Crippen LogP contribution in [0.3, 0.4) is 0 Å². The average Bonchev–Trinajstić information content (AvgIpc) is 2.17. The number of likely N-dealkylation sites (tertiary alicyclic amines) is 1. The molecule has 0 radical (unpaired) electrons. The highest BCUT2D eigenvalue weighted by atomic mass is 79.9. The molecule has 1 aromatic rings. The molecule has 0 aromatic heterocycles. The minimum Gasteiger partial charge on any atom is -0.481 e. The fourth-order valence-electron chi connectivity index (χ4n) is 1.86. The lowest BCUT2D eigenvalue weighted by molar-refractivity contribution is -0.147. The summed E-state index contributed by atoms with van der Waals surface area (Å²) in [5.41, 5.74) is 7.69. The van der Waals surface area contributed by atoms with Gasteiger partial charge in [0.05, 0.1) is 11.6 Å². The van der Waals surface area contributed by atoms with E-state index in [0.717, 1.165) is 14.5 Å².